The number of aromatic nitrogens is 4. The van der Waals surface area contributed by atoms with Crippen molar-refractivity contribution in [2.45, 2.75) is 13.8 Å². The molecule has 4 aromatic heterocycles. The molecule has 0 amide bonds. The summed E-state index contributed by atoms with van der Waals surface area (Å²) in [6, 6.07) is 60.0. The van der Waals surface area contributed by atoms with Crippen LogP contribution in [0.4, 0.5) is 0 Å². The van der Waals surface area contributed by atoms with Crippen molar-refractivity contribution in [3.05, 3.63) is 181 Å². The van der Waals surface area contributed by atoms with Gasteiger partial charge in [-0.1, -0.05) is 146 Å². The largest absolute Gasteiger partial charge is 0.245 e. The summed E-state index contributed by atoms with van der Waals surface area (Å²) < 4.78 is 0. The molecule has 0 saturated heterocycles. The SMILES string of the molecule is Cc1ccc(-c2ccc3ccc4ccc(-c5ccc(-c6ccc7ccc8ccc(-c9ccc(C)c%10ccccc9%10)nc8c7n6)cc5)nc4c3n2)c2ccccc12. The lowest BCUT2D eigenvalue weighted by Gasteiger charge is -2.11. The molecule has 0 aliphatic rings. The van der Waals surface area contributed by atoms with E-state index in [0.29, 0.717) is 0 Å². The van der Waals surface area contributed by atoms with E-state index in [4.69, 9.17) is 19.9 Å². The number of rotatable bonds is 4. The maximum absolute atomic E-state index is 5.25. The molecule has 0 bridgehead atoms. The lowest BCUT2D eigenvalue weighted by Crippen LogP contribution is -1.93. The van der Waals surface area contributed by atoms with Crippen LogP contribution in [0.15, 0.2) is 170 Å². The Bertz CT molecular complexity index is 3160. The second-order valence-electron chi connectivity index (χ2n) is 14.7. The Kier molecular flexibility index (Phi) is 7.26. The molecule has 4 nitrogen and oxygen atoms in total. The minimum atomic E-state index is 0.899. The first-order chi connectivity index (χ1) is 27.6. The molecule has 4 heteroatoms. The molecule has 0 N–H and O–H groups in total. The molecule has 11 rings (SSSR count). The van der Waals surface area contributed by atoms with Gasteiger partial charge in [-0.15, -0.1) is 0 Å². The Morgan fingerprint density at radius 3 is 0.946 bits per heavy atom. The number of pyridine rings is 4. The molecule has 56 heavy (non-hydrogen) atoms. The Labute approximate surface area is 323 Å². The maximum atomic E-state index is 5.25. The predicted octanol–water partition coefficient (Wildman–Crippen LogP) is 13.5. The number of aryl methyl sites for hydroxylation is 2. The van der Waals surface area contributed by atoms with Crippen LogP contribution in [0.25, 0.3) is 110 Å². The van der Waals surface area contributed by atoms with Crippen LogP contribution in [0, 0.1) is 13.8 Å². The van der Waals surface area contributed by atoms with Crippen LogP contribution in [-0.2, 0) is 0 Å². The number of fused-ring (bicyclic) bond motifs is 8. The molecule has 0 fully saturated rings. The number of hydrogen-bond donors (Lipinski definition) is 0. The third-order valence-corrected chi connectivity index (χ3v) is 11.4. The summed E-state index contributed by atoms with van der Waals surface area (Å²) in [6.45, 7) is 4.32. The van der Waals surface area contributed by atoms with Crippen molar-refractivity contribution < 1.29 is 0 Å². The molecule has 0 spiro atoms. The maximum Gasteiger partial charge on any atom is 0.0972 e. The van der Waals surface area contributed by atoms with Crippen molar-refractivity contribution in [1.82, 2.24) is 19.9 Å². The number of benzene rings is 7. The van der Waals surface area contributed by atoms with Gasteiger partial charge in [0.25, 0.3) is 0 Å². The highest BCUT2D eigenvalue weighted by molar-refractivity contribution is 6.07. The second-order valence-corrected chi connectivity index (χ2v) is 14.7. The molecule has 262 valence electrons. The van der Waals surface area contributed by atoms with Crippen molar-refractivity contribution in [3.8, 4) is 45.0 Å². The average Bonchev–Trinajstić information content (AvgIpc) is 3.26. The first-order valence-corrected chi connectivity index (χ1v) is 19.1. The minimum absolute atomic E-state index is 0.899. The topological polar surface area (TPSA) is 51.6 Å². The van der Waals surface area contributed by atoms with Gasteiger partial charge in [-0.25, -0.2) is 19.9 Å². The van der Waals surface area contributed by atoms with Crippen molar-refractivity contribution in [2.24, 2.45) is 0 Å². The monoisotopic (exact) mass is 714 g/mol. The highest BCUT2D eigenvalue weighted by Crippen LogP contribution is 2.35. The van der Waals surface area contributed by atoms with Gasteiger partial charge in [-0.05, 0) is 70.8 Å². The van der Waals surface area contributed by atoms with Crippen molar-refractivity contribution in [2.75, 3.05) is 0 Å². The molecule has 0 aliphatic heterocycles. The summed E-state index contributed by atoms with van der Waals surface area (Å²) in [6.07, 6.45) is 0. The third-order valence-electron chi connectivity index (χ3n) is 11.4. The van der Waals surface area contributed by atoms with Gasteiger partial charge < -0.3 is 0 Å². The third kappa shape index (κ3) is 5.22. The highest BCUT2D eigenvalue weighted by atomic mass is 14.8. The van der Waals surface area contributed by atoms with E-state index < -0.39 is 0 Å². The van der Waals surface area contributed by atoms with E-state index in [1.54, 1.807) is 0 Å². The van der Waals surface area contributed by atoms with Crippen LogP contribution in [0.5, 0.6) is 0 Å². The van der Waals surface area contributed by atoms with Crippen LogP contribution in [0.1, 0.15) is 11.1 Å². The van der Waals surface area contributed by atoms with Crippen LogP contribution in [0.2, 0.25) is 0 Å². The highest BCUT2D eigenvalue weighted by Gasteiger charge is 2.14. The van der Waals surface area contributed by atoms with Crippen molar-refractivity contribution in [1.29, 1.82) is 0 Å². The lowest BCUT2D eigenvalue weighted by atomic mass is 9.97. The molecule has 0 atom stereocenters. The van der Waals surface area contributed by atoms with E-state index in [0.717, 1.165) is 88.6 Å². The Hall–Kier alpha value is -7.30. The van der Waals surface area contributed by atoms with Gasteiger partial charge in [-0.2, -0.15) is 0 Å². The fraction of sp³-hybridized carbons (Fsp3) is 0.0385. The molecule has 0 unspecified atom stereocenters. The molecule has 0 radical (unpaired) electrons. The van der Waals surface area contributed by atoms with Gasteiger partial charge in [0.15, 0.2) is 0 Å². The molecule has 0 aliphatic carbocycles. The molecule has 0 saturated carbocycles. The zero-order valence-electron chi connectivity index (χ0n) is 31.0. The van der Waals surface area contributed by atoms with E-state index in [1.165, 1.54) is 32.7 Å². The molecular weight excluding hydrogens is 681 g/mol. The van der Waals surface area contributed by atoms with E-state index in [9.17, 15) is 0 Å². The fourth-order valence-corrected chi connectivity index (χ4v) is 8.31. The normalized spacial score (nSPS) is 11.8. The summed E-state index contributed by atoms with van der Waals surface area (Å²) in [5.74, 6) is 0. The molecule has 11 aromatic rings. The van der Waals surface area contributed by atoms with Gasteiger partial charge in [0.05, 0.1) is 44.8 Å². The van der Waals surface area contributed by atoms with Crippen LogP contribution in [0.3, 0.4) is 0 Å². The van der Waals surface area contributed by atoms with E-state index >= 15 is 0 Å². The summed E-state index contributed by atoms with van der Waals surface area (Å²) in [7, 11) is 0. The zero-order chi connectivity index (χ0) is 37.3. The molecule has 4 heterocycles. The second kappa shape index (κ2) is 12.6. The predicted molar refractivity (Wildman–Crippen MR) is 234 cm³/mol. The minimum Gasteiger partial charge on any atom is -0.245 e. The van der Waals surface area contributed by atoms with Gasteiger partial charge >= 0.3 is 0 Å². The first-order valence-electron chi connectivity index (χ1n) is 19.1. The van der Waals surface area contributed by atoms with E-state index in [1.807, 2.05) is 0 Å². The zero-order valence-corrected chi connectivity index (χ0v) is 31.0. The molecule has 7 aromatic carbocycles. The van der Waals surface area contributed by atoms with Crippen molar-refractivity contribution in [3.63, 3.8) is 0 Å². The van der Waals surface area contributed by atoms with Gasteiger partial charge in [-0.3, -0.25) is 0 Å². The first kappa shape index (κ1) is 32.2. The van der Waals surface area contributed by atoms with Gasteiger partial charge in [0.1, 0.15) is 0 Å². The Balaban J connectivity index is 0.968. The quantitative estimate of drug-likeness (QED) is 0.170. The van der Waals surface area contributed by atoms with Crippen molar-refractivity contribution >= 4 is 65.2 Å². The van der Waals surface area contributed by atoms with Crippen LogP contribution >= 0.6 is 0 Å². The summed E-state index contributed by atoms with van der Waals surface area (Å²) >= 11 is 0. The van der Waals surface area contributed by atoms with E-state index in [-0.39, 0.29) is 0 Å². The van der Waals surface area contributed by atoms with Gasteiger partial charge in [0, 0.05) is 43.8 Å². The fourth-order valence-electron chi connectivity index (χ4n) is 8.31. The molecular formula is C52H34N4. The summed E-state index contributed by atoms with van der Waals surface area (Å²) in [4.78, 5) is 21.0. The lowest BCUT2D eigenvalue weighted by molar-refractivity contribution is 1.36. The number of nitrogens with zero attached hydrogens (tertiary/aromatic N) is 4. The Morgan fingerprint density at radius 2 is 0.571 bits per heavy atom. The smallest absolute Gasteiger partial charge is 0.0972 e. The van der Waals surface area contributed by atoms with Crippen LogP contribution in [-0.4, -0.2) is 19.9 Å². The van der Waals surface area contributed by atoms with Gasteiger partial charge in [0.2, 0.25) is 0 Å². The summed E-state index contributed by atoms with van der Waals surface area (Å²) in [5, 5.41) is 9.19. The average molecular weight is 715 g/mol. The van der Waals surface area contributed by atoms with Crippen LogP contribution < -0.4 is 0 Å². The Morgan fingerprint density at radius 1 is 0.268 bits per heavy atom. The number of hydrogen-bond acceptors (Lipinski definition) is 4. The summed E-state index contributed by atoms with van der Waals surface area (Å²) in [5.41, 5.74) is 14.2. The standard InChI is InChI=1S/C52H34N4/c1-31-11-25-43(41-9-5-3-7-39(31)41)47-29-23-37-19-17-35-21-27-45(53-49(35)51(37)55-47)33-13-15-34(16-14-33)46-28-22-36-18-20-38-24-30-48(56-52(38)50(36)54-46)44-26-12-32(2)40-8-4-6-10-42(40)44/h3-30H,1-2H3. The van der Waals surface area contributed by atoms with E-state index in [2.05, 4.69) is 184 Å².